The minimum absolute atomic E-state index is 0.957. The summed E-state index contributed by atoms with van der Waals surface area (Å²) in [6.45, 7) is 9.32. The molecule has 4 rings (SSSR count). The molecule has 0 heterocycles. The third-order valence-corrected chi connectivity index (χ3v) is 9.93. The van der Waals surface area contributed by atoms with Crippen molar-refractivity contribution in [1.29, 1.82) is 0 Å². The second-order valence-electron chi connectivity index (χ2n) is 12.7. The van der Waals surface area contributed by atoms with Crippen LogP contribution in [0.5, 0.6) is 0 Å². The number of rotatable bonds is 11. The van der Waals surface area contributed by atoms with Gasteiger partial charge in [-0.3, -0.25) is 0 Å². The Morgan fingerprint density at radius 2 is 1.08 bits per heavy atom. The third kappa shape index (κ3) is 7.72. The molecule has 0 nitrogen and oxygen atoms in total. The number of aryl methyl sites for hydroxylation is 4. The first-order valence-electron chi connectivity index (χ1n) is 15.7. The molecule has 0 atom stereocenters. The van der Waals surface area contributed by atoms with Gasteiger partial charge in [0, 0.05) is 0 Å². The Kier molecular flexibility index (Phi) is 10.6. The van der Waals surface area contributed by atoms with E-state index in [-0.39, 0.29) is 0 Å². The highest BCUT2D eigenvalue weighted by atomic mass is 14.3. The Morgan fingerprint density at radius 3 is 1.58 bits per heavy atom. The molecule has 0 aliphatic heterocycles. The minimum atomic E-state index is 0.957. The maximum Gasteiger partial charge on any atom is -0.0154 e. The Labute approximate surface area is 223 Å². The van der Waals surface area contributed by atoms with Crippen LogP contribution in [0.25, 0.3) is 11.1 Å². The van der Waals surface area contributed by atoms with E-state index in [2.05, 4.69) is 64.1 Å². The van der Waals surface area contributed by atoms with Gasteiger partial charge in [0.15, 0.2) is 0 Å². The van der Waals surface area contributed by atoms with Crippen LogP contribution in [0.3, 0.4) is 0 Å². The highest BCUT2D eigenvalue weighted by Crippen LogP contribution is 2.36. The molecule has 0 saturated heterocycles. The van der Waals surface area contributed by atoms with E-state index in [1.165, 1.54) is 131 Å². The summed E-state index contributed by atoms with van der Waals surface area (Å²) in [5, 5.41) is 0. The van der Waals surface area contributed by atoms with Crippen LogP contribution in [0, 0.1) is 37.5 Å². The Morgan fingerprint density at radius 1 is 0.556 bits per heavy atom. The predicted octanol–water partition coefficient (Wildman–Crippen LogP) is 11.0. The zero-order chi connectivity index (χ0) is 25.3. The van der Waals surface area contributed by atoms with Gasteiger partial charge in [-0.1, -0.05) is 127 Å². The van der Waals surface area contributed by atoms with Gasteiger partial charge in [-0.25, -0.2) is 0 Å². The molecule has 2 saturated carbocycles. The van der Waals surface area contributed by atoms with Crippen LogP contribution in [0.15, 0.2) is 36.4 Å². The van der Waals surface area contributed by atoms with Gasteiger partial charge in [0.1, 0.15) is 0 Å². The molecule has 0 spiro atoms. The van der Waals surface area contributed by atoms with Gasteiger partial charge < -0.3 is 0 Å². The van der Waals surface area contributed by atoms with Crippen molar-refractivity contribution in [3.63, 3.8) is 0 Å². The lowest BCUT2D eigenvalue weighted by atomic mass is 9.78. The summed E-state index contributed by atoms with van der Waals surface area (Å²) < 4.78 is 0. The van der Waals surface area contributed by atoms with Crippen molar-refractivity contribution in [2.24, 2.45) is 23.7 Å². The molecule has 198 valence electrons. The maximum atomic E-state index is 2.47. The largest absolute Gasteiger partial charge is 0.0654 e. The Hall–Kier alpha value is -1.56. The van der Waals surface area contributed by atoms with Gasteiger partial charge in [-0.15, -0.1) is 0 Å². The molecule has 2 aromatic carbocycles. The van der Waals surface area contributed by atoms with Gasteiger partial charge >= 0.3 is 0 Å². The van der Waals surface area contributed by atoms with Crippen LogP contribution in [0.1, 0.15) is 126 Å². The molecular formula is C36H54. The fourth-order valence-corrected chi connectivity index (χ4v) is 7.51. The summed E-state index contributed by atoms with van der Waals surface area (Å²) in [4.78, 5) is 0. The Bertz CT molecular complexity index is 921. The SMILES string of the molecule is CCC[C@H]1CC[C@H](CCc2ccc(-c3ccc(CC[C@H]4CC[C@H](CCC)CC4)c(C)c3)c(C)c2)CC1. The first-order chi connectivity index (χ1) is 17.6. The van der Waals surface area contributed by atoms with Crippen molar-refractivity contribution >= 4 is 0 Å². The van der Waals surface area contributed by atoms with Gasteiger partial charge in [0.25, 0.3) is 0 Å². The lowest BCUT2D eigenvalue weighted by Gasteiger charge is -2.28. The lowest BCUT2D eigenvalue weighted by molar-refractivity contribution is 0.252. The fourth-order valence-electron chi connectivity index (χ4n) is 7.51. The standard InChI is InChI=1S/C36H54/c1-5-7-29-9-13-31(14-10-29)17-18-33-20-24-36(28(4)25-33)35-23-22-34(27(3)26-35)21-19-32-15-11-30(8-6-2)12-16-32/h20,22-26,29-32H,5-19,21H2,1-4H3/t29-,30-,31-,32-. The molecule has 36 heavy (non-hydrogen) atoms. The predicted molar refractivity (Wildman–Crippen MR) is 159 cm³/mol. The monoisotopic (exact) mass is 486 g/mol. The zero-order valence-corrected chi connectivity index (χ0v) is 24.1. The topological polar surface area (TPSA) is 0 Å². The van der Waals surface area contributed by atoms with E-state index >= 15 is 0 Å². The fraction of sp³-hybridized carbons (Fsp3) is 0.667. The number of hydrogen-bond donors (Lipinski definition) is 0. The van der Waals surface area contributed by atoms with E-state index in [9.17, 15) is 0 Å². The van der Waals surface area contributed by atoms with Crippen LogP contribution < -0.4 is 0 Å². The Balaban J connectivity index is 1.27. The van der Waals surface area contributed by atoms with Gasteiger partial charge in [0.2, 0.25) is 0 Å². The van der Waals surface area contributed by atoms with Gasteiger partial charge in [-0.2, -0.15) is 0 Å². The quantitative estimate of drug-likeness (QED) is 0.296. The number of benzene rings is 2. The molecule has 0 radical (unpaired) electrons. The summed E-state index contributed by atoms with van der Waals surface area (Å²) in [5.74, 6) is 3.96. The van der Waals surface area contributed by atoms with Crippen molar-refractivity contribution in [1.82, 2.24) is 0 Å². The second kappa shape index (κ2) is 13.8. The third-order valence-electron chi connectivity index (χ3n) is 9.93. The van der Waals surface area contributed by atoms with Crippen molar-refractivity contribution in [3.05, 3.63) is 58.7 Å². The zero-order valence-electron chi connectivity index (χ0n) is 24.1. The van der Waals surface area contributed by atoms with Crippen LogP contribution in [-0.2, 0) is 12.8 Å². The van der Waals surface area contributed by atoms with Crippen LogP contribution >= 0.6 is 0 Å². The van der Waals surface area contributed by atoms with Crippen molar-refractivity contribution in [3.8, 4) is 11.1 Å². The van der Waals surface area contributed by atoms with Gasteiger partial charge in [0.05, 0.1) is 0 Å². The minimum Gasteiger partial charge on any atom is -0.0654 e. The molecule has 0 amide bonds. The van der Waals surface area contributed by atoms with E-state index in [1.807, 2.05) is 0 Å². The number of hydrogen-bond acceptors (Lipinski definition) is 0. The molecule has 0 N–H and O–H groups in total. The normalized spacial score (nSPS) is 24.7. The van der Waals surface area contributed by atoms with Crippen LogP contribution in [0.4, 0.5) is 0 Å². The summed E-state index contributed by atoms with van der Waals surface area (Å²) in [5.41, 5.74) is 8.84. The van der Waals surface area contributed by atoms with Crippen LogP contribution in [-0.4, -0.2) is 0 Å². The molecule has 0 bridgehead atoms. The average Bonchev–Trinajstić information content (AvgIpc) is 2.89. The highest BCUT2D eigenvalue weighted by molar-refractivity contribution is 5.68. The smallest absolute Gasteiger partial charge is 0.0154 e. The molecule has 0 aromatic heterocycles. The molecule has 2 aliphatic carbocycles. The molecule has 0 heteroatoms. The molecule has 2 aromatic rings. The van der Waals surface area contributed by atoms with E-state index in [0.717, 1.165) is 23.7 Å². The summed E-state index contributed by atoms with van der Waals surface area (Å²) >= 11 is 0. The first kappa shape index (κ1) is 27.5. The molecule has 2 aliphatic rings. The van der Waals surface area contributed by atoms with E-state index in [1.54, 1.807) is 5.56 Å². The van der Waals surface area contributed by atoms with E-state index < -0.39 is 0 Å². The van der Waals surface area contributed by atoms with Crippen molar-refractivity contribution in [2.75, 3.05) is 0 Å². The molecule has 2 fully saturated rings. The van der Waals surface area contributed by atoms with E-state index in [4.69, 9.17) is 0 Å². The summed E-state index contributed by atoms with van der Waals surface area (Å²) in [7, 11) is 0. The van der Waals surface area contributed by atoms with Gasteiger partial charge in [-0.05, 0) is 96.6 Å². The van der Waals surface area contributed by atoms with E-state index in [0.29, 0.717) is 0 Å². The first-order valence-corrected chi connectivity index (χ1v) is 15.7. The highest BCUT2D eigenvalue weighted by Gasteiger charge is 2.21. The summed E-state index contributed by atoms with van der Waals surface area (Å²) in [6, 6.07) is 14.5. The van der Waals surface area contributed by atoms with Crippen molar-refractivity contribution < 1.29 is 0 Å². The second-order valence-corrected chi connectivity index (χ2v) is 12.7. The van der Waals surface area contributed by atoms with Crippen LogP contribution in [0.2, 0.25) is 0 Å². The average molecular weight is 487 g/mol. The summed E-state index contributed by atoms with van der Waals surface area (Å²) in [6.07, 6.45) is 22.7. The molecular weight excluding hydrogens is 432 g/mol. The van der Waals surface area contributed by atoms with Crippen molar-refractivity contribution in [2.45, 2.75) is 130 Å². The maximum absolute atomic E-state index is 2.47. The lowest BCUT2D eigenvalue weighted by Crippen LogP contribution is -2.15. The molecule has 0 unspecified atom stereocenters.